The lowest BCUT2D eigenvalue weighted by atomic mass is 10.1. The first kappa shape index (κ1) is 9.65. The number of amidine groups is 1. The van der Waals surface area contributed by atoms with E-state index in [1.54, 1.807) is 0 Å². The van der Waals surface area contributed by atoms with Crippen molar-refractivity contribution in [3.05, 3.63) is 46.6 Å². The van der Waals surface area contributed by atoms with Gasteiger partial charge in [0.1, 0.15) is 5.70 Å². The number of carboxylic acid groups (broad SMARTS) is 1. The molecule has 0 radical (unpaired) electrons. The lowest BCUT2D eigenvalue weighted by molar-refractivity contribution is -0.147. The smallest absolute Gasteiger partial charge is 0.378 e. The maximum Gasteiger partial charge on any atom is 0.378 e. The predicted molar refractivity (Wildman–Crippen MR) is 58.8 cm³/mol. The van der Waals surface area contributed by atoms with E-state index in [4.69, 9.17) is 5.11 Å². The van der Waals surface area contributed by atoms with Crippen molar-refractivity contribution < 1.29 is 14.7 Å². The van der Waals surface area contributed by atoms with Crippen molar-refractivity contribution in [3.8, 4) is 0 Å². The monoisotopic (exact) mass is 226 g/mol. The quantitative estimate of drug-likeness (QED) is 0.685. The Bertz CT molecular complexity index is 741. The Morgan fingerprint density at radius 2 is 1.88 bits per heavy atom. The third-order valence-electron chi connectivity index (χ3n) is 2.60. The average Bonchev–Trinajstić information content (AvgIpc) is 2.84. The number of ketones is 1. The Kier molecular flexibility index (Phi) is 1.82. The number of carbonyl (C=O) groups is 2. The summed E-state index contributed by atoms with van der Waals surface area (Å²) >= 11 is 0. The van der Waals surface area contributed by atoms with Crippen molar-refractivity contribution in [2.75, 3.05) is 0 Å². The number of fused-ring (bicyclic) bond motifs is 2. The molecule has 17 heavy (non-hydrogen) atoms. The Morgan fingerprint density at radius 3 is 2.65 bits per heavy atom. The molecule has 0 saturated carbocycles. The topological polar surface area (TPSA) is 79.1 Å². The normalized spacial score (nSPS) is 15.6. The van der Waals surface area contributed by atoms with Crippen LogP contribution >= 0.6 is 0 Å². The van der Waals surface area contributed by atoms with E-state index in [-0.39, 0.29) is 5.70 Å². The Balaban J connectivity index is 2.20. The summed E-state index contributed by atoms with van der Waals surface area (Å²) in [6, 6.07) is 7.42. The van der Waals surface area contributed by atoms with Gasteiger partial charge in [-0.05, 0) is 12.1 Å². The molecule has 2 heterocycles. The molecule has 0 amide bonds. The van der Waals surface area contributed by atoms with Gasteiger partial charge < -0.3 is 5.11 Å². The summed E-state index contributed by atoms with van der Waals surface area (Å²) in [5.41, 5.74) is 0.644. The van der Waals surface area contributed by atoms with Crippen LogP contribution in [0.25, 0.3) is 5.57 Å². The standard InChI is InChI=1S/C12H6N2O3/c15-10(12(16)17)9-5-7-6-3-1-2-4-8(6)13-11(7)14-9/h1-5H,(H,16,17). The Hall–Kier alpha value is -2.56. The van der Waals surface area contributed by atoms with Gasteiger partial charge in [0.05, 0.1) is 5.36 Å². The van der Waals surface area contributed by atoms with E-state index >= 15 is 0 Å². The molecular weight excluding hydrogens is 220 g/mol. The number of rotatable bonds is 2. The predicted octanol–water partition coefficient (Wildman–Crippen LogP) is -0.580. The van der Waals surface area contributed by atoms with Gasteiger partial charge in [0, 0.05) is 10.8 Å². The van der Waals surface area contributed by atoms with E-state index in [9.17, 15) is 9.59 Å². The minimum atomic E-state index is -1.51. The van der Waals surface area contributed by atoms with Crippen LogP contribution in [0.4, 0.5) is 0 Å². The van der Waals surface area contributed by atoms with Gasteiger partial charge in [0.25, 0.3) is 5.78 Å². The third-order valence-corrected chi connectivity index (χ3v) is 2.60. The maximum absolute atomic E-state index is 11.3. The first-order valence-corrected chi connectivity index (χ1v) is 4.93. The summed E-state index contributed by atoms with van der Waals surface area (Å²) in [6.45, 7) is 0. The van der Waals surface area contributed by atoms with Crippen LogP contribution < -0.4 is 10.6 Å². The van der Waals surface area contributed by atoms with Crippen LogP contribution in [0.5, 0.6) is 0 Å². The molecule has 0 bridgehead atoms. The van der Waals surface area contributed by atoms with Gasteiger partial charge in [-0.15, -0.1) is 0 Å². The van der Waals surface area contributed by atoms with Crippen LogP contribution in [-0.2, 0) is 9.59 Å². The number of carboxylic acids is 1. The van der Waals surface area contributed by atoms with Crippen LogP contribution in [0, 0.1) is 0 Å². The van der Waals surface area contributed by atoms with Gasteiger partial charge in [-0.3, -0.25) is 4.79 Å². The number of benzene rings is 1. The summed E-state index contributed by atoms with van der Waals surface area (Å²) in [7, 11) is 0. The minimum Gasteiger partial charge on any atom is -0.475 e. The zero-order chi connectivity index (χ0) is 12.0. The fraction of sp³-hybridized carbons (Fsp3) is 0. The molecule has 3 rings (SSSR count). The van der Waals surface area contributed by atoms with E-state index in [2.05, 4.69) is 9.98 Å². The van der Waals surface area contributed by atoms with E-state index in [0.717, 1.165) is 10.6 Å². The molecule has 0 aromatic heterocycles. The molecular formula is C12H6N2O3. The molecule has 1 aromatic carbocycles. The zero-order valence-electron chi connectivity index (χ0n) is 8.54. The first-order chi connectivity index (χ1) is 8.16. The molecule has 0 saturated heterocycles. The number of para-hydroxylation sites is 1. The molecule has 1 aromatic rings. The molecule has 0 atom stereocenters. The van der Waals surface area contributed by atoms with E-state index in [0.29, 0.717) is 11.4 Å². The largest absolute Gasteiger partial charge is 0.475 e. The molecule has 0 aliphatic carbocycles. The third kappa shape index (κ3) is 1.32. The molecule has 1 N–H and O–H groups in total. The second-order valence-electron chi connectivity index (χ2n) is 3.64. The van der Waals surface area contributed by atoms with Crippen molar-refractivity contribution in [1.29, 1.82) is 0 Å². The number of aliphatic carboxylic acids is 1. The van der Waals surface area contributed by atoms with Crippen molar-refractivity contribution in [2.24, 2.45) is 9.98 Å². The molecule has 0 fully saturated rings. The van der Waals surface area contributed by atoms with Crippen molar-refractivity contribution >= 4 is 23.2 Å². The molecule has 2 aliphatic rings. The van der Waals surface area contributed by atoms with Crippen LogP contribution in [-0.4, -0.2) is 22.7 Å². The molecule has 2 aliphatic heterocycles. The molecule has 5 nitrogen and oxygen atoms in total. The molecule has 82 valence electrons. The van der Waals surface area contributed by atoms with E-state index in [1.165, 1.54) is 6.08 Å². The summed E-state index contributed by atoms with van der Waals surface area (Å²) in [4.78, 5) is 30.0. The van der Waals surface area contributed by atoms with E-state index < -0.39 is 11.8 Å². The van der Waals surface area contributed by atoms with Crippen LogP contribution in [0.1, 0.15) is 0 Å². The maximum atomic E-state index is 11.3. The fourth-order valence-corrected chi connectivity index (χ4v) is 1.83. The fourth-order valence-electron chi connectivity index (χ4n) is 1.83. The number of aliphatic imine (C=N–C) groups is 1. The lowest BCUT2D eigenvalue weighted by Crippen LogP contribution is -2.21. The van der Waals surface area contributed by atoms with Crippen LogP contribution in [0.2, 0.25) is 0 Å². The Labute approximate surface area is 95.1 Å². The second kappa shape index (κ2) is 3.21. The number of hydrogen-bond donors (Lipinski definition) is 1. The van der Waals surface area contributed by atoms with Crippen LogP contribution in [0.3, 0.4) is 0 Å². The van der Waals surface area contributed by atoms with E-state index in [1.807, 2.05) is 24.3 Å². The highest BCUT2D eigenvalue weighted by molar-refractivity contribution is 6.42. The van der Waals surface area contributed by atoms with Gasteiger partial charge >= 0.3 is 5.97 Å². The summed E-state index contributed by atoms with van der Waals surface area (Å²) in [5.74, 6) is -2.10. The highest BCUT2D eigenvalue weighted by atomic mass is 16.4. The van der Waals surface area contributed by atoms with Crippen molar-refractivity contribution in [2.45, 2.75) is 0 Å². The molecule has 0 unspecified atom stereocenters. The lowest BCUT2D eigenvalue weighted by Gasteiger charge is -1.89. The summed E-state index contributed by atoms with van der Waals surface area (Å²) in [5, 5.41) is 10.3. The van der Waals surface area contributed by atoms with Gasteiger partial charge in [-0.25, -0.2) is 14.8 Å². The molecule has 0 spiro atoms. The van der Waals surface area contributed by atoms with Crippen molar-refractivity contribution in [3.63, 3.8) is 0 Å². The van der Waals surface area contributed by atoms with Crippen LogP contribution in [0.15, 0.2) is 46.0 Å². The van der Waals surface area contributed by atoms with Crippen molar-refractivity contribution in [1.82, 2.24) is 0 Å². The zero-order valence-corrected chi connectivity index (χ0v) is 8.54. The first-order valence-electron chi connectivity index (χ1n) is 4.93. The van der Waals surface area contributed by atoms with Gasteiger partial charge in [0.15, 0.2) is 5.84 Å². The number of hydrogen-bond acceptors (Lipinski definition) is 4. The van der Waals surface area contributed by atoms with Gasteiger partial charge in [0.2, 0.25) is 0 Å². The summed E-state index contributed by atoms with van der Waals surface area (Å²) in [6.07, 6.45) is 1.47. The average molecular weight is 226 g/mol. The second-order valence-corrected chi connectivity index (χ2v) is 3.64. The Morgan fingerprint density at radius 1 is 1.12 bits per heavy atom. The molecule has 5 heteroatoms. The highest BCUT2D eigenvalue weighted by Crippen LogP contribution is 2.19. The number of carbonyl (C=O) groups excluding carboxylic acids is 1. The summed E-state index contributed by atoms with van der Waals surface area (Å²) < 4.78 is 0. The number of nitrogens with zero attached hydrogens (tertiary/aromatic N) is 2. The number of Topliss-reactive ketones (excluding diaryl/α,β-unsaturated/α-hetero) is 1. The van der Waals surface area contributed by atoms with Gasteiger partial charge in [-0.2, -0.15) is 0 Å². The SMILES string of the molecule is O=C(O)C(=O)C1=CC2=c3ccccc3=NC2=N1. The highest BCUT2D eigenvalue weighted by Gasteiger charge is 2.26. The minimum absolute atomic E-state index is 0.0687. The van der Waals surface area contributed by atoms with Gasteiger partial charge in [-0.1, -0.05) is 18.2 Å².